The molecule has 2 fully saturated rings. The van der Waals surface area contributed by atoms with Crippen LogP contribution >= 0.6 is 23.2 Å². The average Bonchev–Trinajstić information content (AvgIpc) is 2.65. The van der Waals surface area contributed by atoms with Crippen molar-refractivity contribution in [1.82, 2.24) is 14.7 Å². The average molecular weight is 385 g/mol. The Morgan fingerprint density at radius 2 is 1.40 bits per heavy atom. The van der Waals surface area contributed by atoms with E-state index >= 15 is 0 Å². The highest BCUT2D eigenvalue weighted by molar-refractivity contribution is 6.42. The van der Waals surface area contributed by atoms with Gasteiger partial charge in [-0.25, -0.2) is 9.59 Å². The van der Waals surface area contributed by atoms with Crippen LogP contribution in [-0.2, 0) is 0 Å². The first-order valence-electron chi connectivity index (χ1n) is 8.59. The van der Waals surface area contributed by atoms with Gasteiger partial charge in [-0.15, -0.1) is 0 Å². The summed E-state index contributed by atoms with van der Waals surface area (Å²) in [6.45, 7) is 3.85. The van der Waals surface area contributed by atoms with Gasteiger partial charge in [-0.2, -0.15) is 0 Å². The fraction of sp³-hybridized carbons (Fsp3) is 0.529. The van der Waals surface area contributed by atoms with Gasteiger partial charge in [0.05, 0.1) is 10.0 Å². The van der Waals surface area contributed by atoms with E-state index in [1.165, 1.54) is 6.42 Å². The summed E-state index contributed by atoms with van der Waals surface area (Å²) < 4.78 is 0. The van der Waals surface area contributed by atoms with Crippen molar-refractivity contribution in [2.24, 2.45) is 0 Å². The first kappa shape index (κ1) is 18.1. The second-order valence-corrected chi connectivity index (χ2v) is 7.18. The zero-order chi connectivity index (χ0) is 17.8. The highest BCUT2D eigenvalue weighted by Crippen LogP contribution is 2.25. The van der Waals surface area contributed by atoms with Crippen LogP contribution in [0.2, 0.25) is 10.0 Å². The maximum absolute atomic E-state index is 12.5. The van der Waals surface area contributed by atoms with E-state index in [1.54, 1.807) is 23.1 Å². The van der Waals surface area contributed by atoms with Crippen molar-refractivity contribution < 1.29 is 9.59 Å². The molecule has 6 nitrogen and oxygen atoms in total. The Bertz CT molecular complexity index is 642. The van der Waals surface area contributed by atoms with E-state index in [1.807, 2.05) is 9.80 Å². The van der Waals surface area contributed by atoms with Crippen LogP contribution in [0.5, 0.6) is 0 Å². The maximum Gasteiger partial charge on any atom is 0.321 e. The molecule has 0 radical (unpaired) electrons. The lowest BCUT2D eigenvalue weighted by Crippen LogP contribution is -2.55. The summed E-state index contributed by atoms with van der Waals surface area (Å²) in [5, 5.41) is 3.67. The second kappa shape index (κ2) is 8.15. The number of rotatable bonds is 1. The van der Waals surface area contributed by atoms with Crippen molar-refractivity contribution in [3.8, 4) is 0 Å². The monoisotopic (exact) mass is 384 g/mol. The zero-order valence-electron chi connectivity index (χ0n) is 14.0. The SMILES string of the molecule is O=C(Nc1ccc(Cl)c(Cl)c1)N1CCN(C(=O)N2CCCCC2)CC1. The Labute approximate surface area is 157 Å². The van der Waals surface area contributed by atoms with E-state index in [0.717, 1.165) is 25.9 Å². The lowest BCUT2D eigenvalue weighted by molar-refractivity contribution is 0.116. The standard InChI is InChI=1S/C17H22Cl2N4O2/c18-14-5-4-13(12-15(14)19)20-16(24)21-8-10-23(11-9-21)17(25)22-6-2-1-3-7-22/h4-5,12H,1-3,6-11H2,(H,20,24). The van der Waals surface area contributed by atoms with Crippen LogP contribution in [0.1, 0.15) is 19.3 Å². The third-order valence-corrected chi connectivity index (χ3v) is 5.37. The van der Waals surface area contributed by atoms with Gasteiger partial charge in [-0.05, 0) is 37.5 Å². The van der Waals surface area contributed by atoms with Crippen LogP contribution in [0.15, 0.2) is 18.2 Å². The van der Waals surface area contributed by atoms with E-state index in [9.17, 15) is 9.59 Å². The fourth-order valence-electron chi connectivity index (χ4n) is 3.16. The van der Waals surface area contributed by atoms with Crippen molar-refractivity contribution in [1.29, 1.82) is 0 Å². The molecule has 25 heavy (non-hydrogen) atoms. The maximum atomic E-state index is 12.5. The van der Waals surface area contributed by atoms with Gasteiger partial charge >= 0.3 is 12.1 Å². The van der Waals surface area contributed by atoms with Crippen molar-refractivity contribution >= 4 is 41.0 Å². The highest BCUT2D eigenvalue weighted by Gasteiger charge is 2.27. The van der Waals surface area contributed by atoms with Gasteiger partial charge in [0.2, 0.25) is 0 Å². The van der Waals surface area contributed by atoms with Crippen molar-refractivity contribution in [3.63, 3.8) is 0 Å². The number of carbonyl (C=O) groups excluding carboxylic acids is 2. The number of nitrogens with one attached hydrogen (secondary N) is 1. The van der Waals surface area contributed by atoms with Crippen LogP contribution in [0.25, 0.3) is 0 Å². The number of anilines is 1. The third kappa shape index (κ3) is 4.50. The molecule has 0 atom stereocenters. The van der Waals surface area contributed by atoms with Crippen LogP contribution in [0.3, 0.4) is 0 Å². The number of hydrogen-bond acceptors (Lipinski definition) is 2. The predicted octanol–water partition coefficient (Wildman–Crippen LogP) is 3.75. The van der Waals surface area contributed by atoms with Gasteiger partial charge in [-0.3, -0.25) is 0 Å². The molecule has 3 rings (SSSR count). The molecule has 0 spiro atoms. The summed E-state index contributed by atoms with van der Waals surface area (Å²) >= 11 is 11.8. The number of piperidine rings is 1. The minimum Gasteiger partial charge on any atom is -0.325 e. The smallest absolute Gasteiger partial charge is 0.321 e. The lowest BCUT2D eigenvalue weighted by Gasteiger charge is -2.38. The van der Waals surface area contributed by atoms with E-state index in [0.29, 0.717) is 41.9 Å². The molecule has 0 bridgehead atoms. The quantitative estimate of drug-likeness (QED) is 0.801. The Hall–Kier alpha value is -1.66. The van der Waals surface area contributed by atoms with Crippen LogP contribution in [0.4, 0.5) is 15.3 Å². The Kier molecular flexibility index (Phi) is 5.91. The molecule has 0 saturated carbocycles. The number of likely N-dealkylation sites (tertiary alicyclic amines) is 1. The molecule has 0 aliphatic carbocycles. The molecule has 2 saturated heterocycles. The van der Waals surface area contributed by atoms with E-state index in [-0.39, 0.29) is 12.1 Å². The predicted molar refractivity (Wildman–Crippen MR) is 99.4 cm³/mol. The van der Waals surface area contributed by atoms with Gasteiger partial charge < -0.3 is 20.0 Å². The molecule has 2 aliphatic rings. The number of benzene rings is 1. The molecule has 0 unspecified atom stereocenters. The molecule has 8 heteroatoms. The number of nitrogens with zero attached hydrogens (tertiary/aromatic N) is 3. The van der Waals surface area contributed by atoms with E-state index in [2.05, 4.69) is 5.32 Å². The lowest BCUT2D eigenvalue weighted by atomic mass is 10.1. The number of hydrogen-bond donors (Lipinski definition) is 1. The summed E-state index contributed by atoms with van der Waals surface area (Å²) in [4.78, 5) is 30.3. The summed E-state index contributed by atoms with van der Waals surface area (Å²) in [6, 6.07) is 4.89. The van der Waals surface area contributed by atoms with Crippen molar-refractivity contribution in [3.05, 3.63) is 28.2 Å². The van der Waals surface area contributed by atoms with Gasteiger partial charge in [0.25, 0.3) is 0 Å². The van der Waals surface area contributed by atoms with Gasteiger partial charge in [-0.1, -0.05) is 23.2 Å². The molecule has 1 N–H and O–H groups in total. The van der Waals surface area contributed by atoms with Crippen molar-refractivity contribution in [2.75, 3.05) is 44.6 Å². The third-order valence-electron chi connectivity index (χ3n) is 4.63. The fourth-order valence-corrected chi connectivity index (χ4v) is 3.46. The largest absolute Gasteiger partial charge is 0.325 e. The molecular weight excluding hydrogens is 363 g/mol. The van der Waals surface area contributed by atoms with E-state index < -0.39 is 0 Å². The minimum atomic E-state index is -0.191. The molecule has 136 valence electrons. The summed E-state index contributed by atoms with van der Waals surface area (Å²) in [5.74, 6) is 0. The number of urea groups is 2. The highest BCUT2D eigenvalue weighted by atomic mass is 35.5. The summed E-state index contributed by atoms with van der Waals surface area (Å²) in [7, 11) is 0. The normalized spacial score (nSPS) is 18.2. The van der Waals surface area contributed by atoms with Crippen molar-refractivity contribution in [2.45, 2.75) is 19.3 Å². The zero-order valence-corrected chi connectivity index (χ0v) is 15.5. The Morgan fingerprint density at radius 3 is 2.04 bits per heavy atom. The second-order valence-electron chi connectivity index (χ2n) is 6.36. The van der Waals surface area contributed by atoms with Crippen LogP contribution in [-0.4, -0.2) is 66.0 Å². The van der Waals surface area contributed by atoms with Crippen LogP contribution in [0, 0.1) is 0 Å². The molecule has 1 aromatic carbocycles. The molecule has 2 heterocycles. The molecule has 4 amide bonds. The molecular formula is C17H22Cl2N4O2. The number of halogens is 2. The van der Waals surface area contributed by atoms with Gasteiger partial charge in [0.1, 0.15) is 0 Å². The summed E-state index contributed by atoms with van der Waals surface area (Å²) in [6.07, 6.45) is 3.36. The number of amides is 4. The molecule has 1 aromatic rings. The first-order chi connectivity index (χ1) is 12.0. The van der Waals surface area contributed by atoms with E-state index in [4.69, 9.17) is 23.2 Å². The number of carbonyl (C=O) groups is 2. The minimum absolute atomic E-state index is 0.101. The Morgan fingerprint density at radius 1 is 0.800 bits per heavy atom. The Balaban J connectivity index is 1.50. The topological polar surface area (TPSA) is 55.9 Å². The van der Waals surface area contributed by atoms with Gasteiger partial charge in [0.15, 0.2) is 0 Å². The molecule has 0 aromatic heterocycles. The van der Waals surface area contributed by atoms with Crippen LogP contribution < -0.4 is 5.32 Å². The summed E-state index contributed by atoms with van der Waals surface area (Å²) in [5.41, 5.74) is 0.603. The molecule has 2 aliphatic heterocycles. The van der Waals surface area contributed by atoms with Gasteiger partial charge in [0, 0.05) is 45.0 Å². The first-order valence-corrected chi connectivity index (χ1v) is 9.35. The number of piperazine rings is 1.